The van der Waals surface area contributed by atoms with Crippen LogP contribution in [0.25, 0.3) is 0 Å². The van der Waals surface area contributed by atoms with Crippen LogP contribution in [0.5, 0.6) is 5.75 Å². The smallest absolute Gasteiger partial charge is 0.138 e. The number of nitrogens with zero attached hydrogens (tertiary/aromatic N) is 2. The van der Waals surface area contributed by atoms with Gasteiger partial charge in [0, 0.05) is 31.7 Å². The van der Waals surface area contributed by atoms with Crippen LogP contribution in [-0.4, -0.2) is 36.2 Å². The highest BCUT2D eigenvalue weighted by Gasteiger charge is 2.24. The molecule has 2 N–H and O–H groups in total. The van der Waals surface area contributed by atoms with Gasteiger partial charge in [-0.05, 0) is 6.07 Å². The molecule has 0 aliphatic carbocycles. The molecule has 1 atom stereocenters. The molecule has 1 saturated heterocycles. The van der Waals surface area contributed by atoms with Crippen molar-refractivity contribution >= 4 is 11.6 Å². The van der Waals surface area contributed by atoms with Crippen LogP contribution in [-0.2, 0) is 0 Å². The van der Waals surface area contributed by atoms with Crippen LogP contribution in [0.3, 0.4) is 0 Å². The van der Waals surface area contributed by atoms with Crippen LogP contribution in [0.1, 0.15) is 18.0 Å². The second-order valence-electron chi connectivity index (χ2n) is 4.34. The van der Waals surface area contributed by atoms with E-state index in [0.29, 0.717) is 11.4 Å². The van der Waals surface area contributed by atoms with Crippen molar-refractivity contribution in [3.05, 3.63) is 28.8 Å². The predicted octanol–water partition coefficient (Wildman–Crippen LogP) is 1.91. The zero-order chi connectivity index (χ0) is 13.0. The summed E-state index contributed by atoms with van der Waals surface area (Å²) in [6.45, 7) is 3.56. The van der Waals surface area contributed by atoms with E-state index in [-0.39, 0.29) is 11.8 Å². The molecule has 0 bridgehead atoms. The van der Waals surface area contributed by atoms with Gasteiger partial charge in [-0.2, -0.15) is 5.26 Å². The van der Waals surface area contributed by atoms with Crippen molar-refractivity contribution in [3.8, 4) is 11.8 Å². The van der Waals surface area contributed by atoms with Gasteiger partial charge in [0.05, 0.1) is 23.6 Å². The standard InChI is InChI=1S/C13H16ClN3O/c14-11-3-1-2-10(13(11)18)12(4-5-15)17-8-6-16-7-9-17/h1-3,12,16,18H,4,6-9H2/t12-/m1/s1. The van der Waals surface area contributed by atoms with E-state index in [1.54, 1.807) is 6.07 Å². The molecular weight excluding hydrogens is 250 g/mol. The third kappa shape index (κ3) is 2.75. The minimum absolute atomic E-state index is 0.0872. The van der Waals surface area contributed by atoms with E-state index in [1.165, 1.54) is 0 Å². The molecule has 0 radical (unpaired) electrons. The summed E-state index contributed by atoms with van der Waals surface area (Å²) in [5.41, 5.74) is 0.742. The Balaban J connectivity index is 2.28. The van der Waals surface area contributed by atoms with Gasteiger partial charge in [0.2, 0.25) is 0 Å². The number of benzene rings is 1. The molecule has 1 fully saturated rings. The number of para-hydroxylation sites is 1. The van der Waals surface area contributed by atoms with Gasteiger partial charge in [-0.3, -0.25) is 4.90 Å². The molecule has 0 amide bonds. The summed E-state index contributed by atoms with van der Waals surface area (Å²) in [7, 11) is 0. The molecule has 0 spiro atoms. The summed E-state index contributed by atoms with van der Waals surface area (Å²) < 4.78 is 0. The van der Waals surface area contributed by atoms with Gasteiger partial charge in [-0.15, -0.1) is 0 Å². The van der Waals surface area contributed by atoms with Gasteiger partial charge in [-0.1, -0.05) is 23.7 Å². The van der Waals surface area contributed by atoms with Crippen LogP contribution in [0.15, 0.2) is 18.2 Å². The van der Waals surface area contributed by atoms with Gasteiger partial charge in [0.25, 0.3) is 0 Å². The Kier molecular flexibility index (Phi) is 4.43. The number of hydrogen-bond acceptors (Lipinski definition) is 4. The van der Waals surface area contributed by atoms with E-state index in [2.05, 4.69) is 16.3 Å². The number of nitriles is 1. The normalized spacial score (nSPS) is 18.2. The molecular formula is C13H16ClN3O. The Bertz CT molecular complexity index is 452. The van der Waals surface area contributed by atoms with E-state index < -0.39 is 0 Å². The zero-order valence-electron chi connectivity index (χ0n) is 10.1. The summed E-state index contributed by atoms with van der Waals surface area (Å²) in [5, 5.41) is 22.6. The highest BCUT2D eigenvalue weighted by atomic mass is 35.5. The maximum atomic E-state index is 10.0. The van der Waals surface area contributed by atoms with Crippen molar-refractivity contribution < 1.29 is 5.11 Å². The number of aromatic hydroxyl groups is 1. The Hall–Kier alpha value is -1.28. The number of piperazine rings is 1. The number of rotatable bonds is 3. The molecule has 1 aliphatic rings. The molecule has 1 aromatic rings. The summed E-state index contributed by atoms with van der Waals surface area (Å²) in [4.78, 5) is 2.21. The first kappa shape index (κ1) is 13.2. The second-order valence-corrected chi connectivity index (χ2v) is 4.75. The van der Waals surface area contributed by atoms with Crippen molar-refractivity contribution in [1.29, 1.82) is 5.26 Å². The molecule has 0 saturated carbocycles. The lowest BCUT2D eigenvalue weighted by Crippen LogP contribution is -2.45. The molecule has 1 aromatic carbocycles. The maximum Gasteiger partial charge on any atom is 0.138 e. The quantitative estimate of drug-likeness (QED) is 0.877. The second kappa shape index (κ2) is 6.05. The lowest BCUT2D eigenvalue weighted by atomic mass is 10.0. The Morgan fingerprint density at radius 2 is 2.17 bits per heavy atom. The number of nitrogens with one attached hydrogen (secondary N) is 1. The molecule has 2 rings (SSSR count). The van der Waals surface area contributed by atoms with Gasteiger partial charge in [0.15, 0.2) is 0 Å². The van der Waals surface area contributed by atoms with Crippen LogP contribution >= 0.6 is 11.6 Å². The van der Waals surface area contributed by atoms with Gasteiger partial charge in [-0.25, -0.2) is 0 Å². The van der Waals surface area contributed by atoms with E-state index >= 15 is 0 Å². The van der Waals surface area contributed by atoms with E-state index in [0.717, 1.165) is 31.7 Å². The van der Waals surface area contributed by atoms with Gasteiger partial charge in [0.1, 0.15) is 5.75 Å². The van der Waals surface area contributed by atoms with Gasteiger partial charge < -0.3 is 10.4 Å². The molecule has 4 nitrogen and oxygen atoms in total. The minimum Gasteiger partial charge on any atom is -0.506 e. The van der Waals surface area contributed by atoms with E-state index in [1.807, 2.05) is 12.1 Å². The first-order valence-electron chi connectivity index (χ1n) is 6.03. The number of hydrogen-bond donors (Lipinski definition) is 2. The highest BCUT2D eigenvalue weighted by Crippen LogP contribution is 2.35. The SMILES string of the molecule is N#CC[C@H](c1cccc(Cl)c1O)N1CCNCC1. The third-order valence-corrected chi connectivity index (χ3v) is 3.56. The molecule has 5 heteroatoms. The molecule has 96 valence electrons. The number of halogens is 1. The molecule has 18 heavy (non-hydrogen) atoms. The van der Waals surface area contributed by atoms with Gasteiger partial charge >= 0.3 is 0 Å². The van der Waals surface area contributed by atoms with E-state index in [4.69, 9.17) is 16.9 Å². The largest absolute Gasteiger partial charge is 0.506 e. The fourth-order valence-corrected chi connectivity index (χ4v) is 2.50. The first-order valence-corrected chi connectivity index (χ1v) is 6.41. The van der Waals surface area contributed by atoms with Crippen LogP contribution < -0.4 is 5.32 Å². The van der Waals surface area contributed by atoms with Crippen LogP contribution in [0.2, 0.25) is 5.02 Å². The summed E-state index contributed by atoms with van der Waals surface area (Å²) in [5.74, 6) is 0.0953. The summed E-state index contributed by atoms with van der Waals surface area (Å²) in [6.07, 6.45) is 0.355. The van der Waals surface area contributed by atoms with Crippen LogP contribution in [0.4, 0.5) is 0 Å². The minimum atomic E-state index is -0.0872. The topological polar surface area (TPSA) is 59.3 Å². The van der Waals surface area contributed by atoms with Crippen molar-refractivity contribution in [3.63, 3.8) is 0 Å². The monoisotopic (exact) mass is 265 g/mol. The average Bonchev–Trinajstić information content (AvgIpc) is 2.41. The first-order chi connectivity index (χ1) is 8.74. The fraction of sp³-hybridized carbons (Fsp3) is 0.462. The average molecular weight is 266 g/mol. The Morgan fingerprint density at radius 1 is 1.44 bits per heavy atom. The molecule has 0 unspecified atom stereocenters. The van der Waals surface area contributed by atoms with Crippen molar-refractivity contribution in [2.45, 2.75) is 12.5 Å². The fourth-order valence-electron chi connectivity index (χ4n) is 2.32. The van der Waals surface area contributed by atoms with Crippen LogP contribution in [0, 0.1) is 11.3 Å². The third-order valence-electron chi connectivity index (χ3n) is 3.25. The maximum absolute atomic E-state index is 10.0. The Labute approximate surface area is 112 Å². The van der Waals surface area contributed by atoms with Crippen molar-refractivity contribution in [2.75, 3.05) is 26.2 Å². The number of phenols is 1. The number of phenolic OH excluding ortho intramolecular Hbond substituents is 1. The Morgan fingerprint density at radius 3 is 2.83 bits per heavy atom. The molecule has 1 aliphatic heterocycles. The lowest BCUT2D eigenvalue weighted by Gasteiger charge is -2.34. The molecule has 0 aromatic heterocycles. The van der Waals surface area contributed by atoms with Crippen molar-refractivity contribution in [1.82, 2.24) is 10.2 Å². The summed E-state index contributed by atoms with van der Waals surface area (Å²) in [6, 6.07) is 7.41. The van der Waals surface area contributed by atoms with Crippen molar-refractivity contribution in [2.24, 2.45) is 0 Å². The summed E-state index contributed by atoms with van der Waals surface area (Å²) >= 11 is 5.93. The zero-order valence-corrected chi connectivity index (χ0v) is 10.8. The lowest BCUT2D eigenvalue weighted by molar-refractivity contribution is 0.173. The predicted molar refractivity (Wildman–Crippen MR) is 70.5 cm³/mol. The molecule has 1 heterocycles. The van der Waals surface area contributed by atoms with E-state index in [9.17, 15) is 5.11 Å². The highest BCUT2D eigenvalue weighted by molar-refractivity contribution is 6.32.